The van der Waals surface area contributed by atoms with E-state index < -0.39 is 0 Å². The predicted molar refractivity (Wildman–Crippen MR) is 79.8 cm³/mol. The molecule has 5 heteroatoms. The molecule has 2 aliphatic rings. The summed E-state index contributed by atoms with van der Waals surface area (Å²) in [4.78, 5) is 4.24. The highest BCUT2D eigenvalue weighted by molar-refractivity contribution is 5.93. The highest BCUT2D eigenvalue weighted by Gasteiger charge is 2.21. The maximum absolute atomic E-state index is 5.69. The van der Waals surface area contributed by atoms with Gasteiger partial charge in [0.05, 0.1) is 13.2 Å². The fourth-order valence-corrected chi connectivity index (χ4v) is 2.12. The molecule has 0 amide bonds. The first-order valence-corrected chi connectivity index (χ1v) is 7.22. The molecule has 3 rings (SSSR count). The normalized spacial score (nSPS) is 18.4. The van der Waals surface area contributed by atoms with E-state index in [1.54, 1.807) is 7.05 Å². The van der Waals surface area contributed by atoms with Gasteiger partial charge in [0.1, 0.15) is 0 Å². The first-order chi connectivity index (χ1) is 9.85. The second kappa shape index (κ2) is 6.03. The standard InChI is InChI=1S/C15H21N3O2/c1-16-15(17-10-11-3-4-11)18-12-5-6-13-14(9-12)20-8-2-7-19-13/h5-6,9,11H,2-4,7-8,10H2,1H3,(H2,16,17,18). The fourth-order valence-electron chi connectivity index (χ4n) is 2.12. The third kappa shape index (κ3) is 3.35. The molecule has 0 atom stereocenters. The number of benzene rings is 1. The second-order valence-corrected chi connectivity index (χ2v) is 5.23. The van der Waals surface area contributed by atoms with Crippen molar-refractivity contribution < 1.29 is 9.47 Å². The Hall–Kier alpha value is -1.91. The zero-order chi connectivity index (χ0) is 13.8. The Kier molecular flexibility index (Phi) is 3.95. The van der Waals surface area contributed by atoms with Gasteiger partial charge in [-0.05, 0) is 30.9 Å². The summed E-state index contributed by atoms with van der Waals surface area (Å²) in [5.74, 6) is 3.22. The number of guanidine groups is 1. The topological polar surface area (TPSA) is 54.9 Å². The number of fused-ring (bicyclic) bond motifs is 1. The Morgan fingerprint density at radius 1 is 1.25 bits per heavy atom. The molecule has 1 aliphatic heterocycles. The number of ether oxygens (including phenoxy) is 2. The number of hydrogen-bond acceptors (Lipinski definition) is 3. The van der Waals surface area contributed by atoms with E-state index in [0.717, 1.165) is 42.0 Å². The van der Waals surface area contributed by atoms with E-state index in [0.29, 0.717) is 13.2 Å². The van der Waals surface area contributed by atoms with E-state index in [2.05, 4.69) is 15.6 Å². The van der Waals surface area contributed by atoms with Gasteiger partial charge in [-0.3, -0.25) is 4.99 Å². The Balaban J connectivity index is 1.65. The first kappa shape index (κ1) is 13.1. The molecular weight excluding hydrogens is 254 g/mol. The van der Waals surface area contributed by atoms with Crippen LogP contribution in [0.3, 0.4) is 0 Å². The van der Waals surface area contributed by atoms with Crippen molar-refractivity contribution in [2.75, 3.05) is 32.1 Å². The van der Waals surface area contributed by atoms with Crippen LogP contribution in [0.25, 0.3) is 0 Å². The van der Waals surface area contributed by atoms with Gasteiger partial charge in [0.25, 0.3) is 0 Å². The molecule has 1 aromatic carbocycles. The van der Waals surface area contributed by atoms with E-state index in [4.69, 9.17) is 9.47 Å². The molecule has 0 radical (unpaired) electrons. The number of anilines is 1. The second-order valence-electron chi connectivity index (χ2n) is 5.23. The van der Waals surface area contributed by atoms with Crippen molar-refractivity contribution in [1.29, 1.82) is 0 Å². The van der Waals surface area contributed by atoms with Crippen molar-refractivity contribution in [3.8, 4) is 11.5 Å². The van der Waals surface area contributed by atoms with Crippen LogP contribution in [0, 0.1) is 5.92 Å². The molecular formula is C15H21N3O2. The van der Waals surface area contributed by atoms with Crippen LogP contribution in [-0.4, -0.2) is 32.8 Å². The Labute approximate surface area is 119 Å². The summed E-state index contributed by atoms with van der Waals surface area (Å²) in [6, 6.07) is 5.89. The average molecular weight is 275 g/mol. The summed E-state index contributed by atoms with van der Waals surface area (Å²) in [6.07, 6.45) is 3.57. The van der Waals surface area contributed by atoms with Crippen LogP contribution >= 0.6 is 0 Å². The van der Waals surface area contributed by atoms with Gasteiger partial charge in [-0.15, -0.1) is 0 Å². The van der Waals surface area contributed by atoms with Gasteiger partial charge in [0.2, 0.25) is 0 Å². The minimum Gasteiger partial charge on any atom is -0.490 e. The largest absolute Gasteiger partial charge is 0.490 e. The molecule has 1 saturated carbocycles. The molecule has 1 aliphatic carbocycles. The number of nitrogens with one attached hydrogen (secondary N) is 2. The number of rotatable bonds is 3. The van der Waals surface area contributed by atoms with Crippen LogP contribution in [-0.2, 0) is 0 Å². The first-order valence-electron chi connectivity index (χ1n) is 7.22. The average Bonchev–Trinajstić information content (AvgIpc) is 3.29. The predicted octanol–water partition coefficient (Wildman–Crippen LogP) is 2.25. The molecule has 0 unspecified atom stereocenters. The lowest BCUT2D eigenvalue weighted by Gasteiger charge is -2.13. The van der Waals surface area contributed by atoms with Gasteiger partial charge in [0, 0.05) is 31.8 Å². The molecule has 1 fully saturated rings. The Morgan fingerprint density at radius 3 is 2.80 bits per heavy atom. The summed E-state index contributed by atoms with van der Waals surface area (Å²) in [5, 5.41) is 6.62. The Bertz CT molecular complexity index is 498. The quantitative estimate of drug-likeness (QED) is 0.656. The summed E-state index contributed by atoms with van der Waals surface area (Å²) < 4.78 is 11.3. The van der Waals surface area contributed by atoms with E-state index in [-0.39, 0.29) is 0 Å². The summed E-state index contributed by atoms with van der Waals surface area (Å²) in [6.45, 7) is 2.40. The van der Waals surface area contributed by atoms with E-state index in [9.17, 15) is 0 Å². The molecule has 0 spiro atoms. The molecule has 1 heterocycles. The summed E-state index contributed by atoms with van der Waals surface area (Å²) >= 11 is 0. The van der Waals surface area contributed by atoms with Gasteiger partial charge in [-0.25, -0.2) is 0 Å². The smallest absolute Gasteiger partial charge is 0.195 e. The van der Waals surface area contributed by atoms with E-state index in [1.807, 2.05) is 18.2 Å². The van der Waals surface area contributed by atoms with Crippen molar-refractivity contribution >= 4 is 11.6 Å². The number of aliphatic imine (C=N–C) groups is 1. The van der Waals surface area contributed by atoms with Gasteiger partial charge in [-0.1, -0.05) is 0 Å². The van der Waals surface area contributed by atoms with Crippen LogP contribution in [0.2, 0.25) is 0 Å². The molecule has 5 nitrogen and oxygen atoms in total. The van der Waals surface area contributed by atoms with Crippen molar-refractivity contribution in [1.82, 2.24) is 5.32 Å². The van der Waals surface area contributed by atoms with Crippen LogP contribution in [0.5, 0.6) is 11.5 Å². The van der Waals surface area contributed by atoms with Crippen LogP contribution < -0.4 is 20.1 Å². The molecule has 0 bridgehead atoms. The van der Waals surface area contributed by atoms with Gasteiger partial charge in [-0.2, -0.15) is 0 Å². The summed E-state index contributed by atoms with van der Waals surface area (Å²) in [5.41, 5.74) is 0.957. The molecule has 0 aromatic heterocycles. The van der Waals surface area contributed by atoms with Crippen molar-refractivity contribution in [2.45, 2.75) is 19.3 Å². The zero-order valence-electron chi connectivity index (χ0n) is 11.8. The summed E-state index contributed by atoms with van der Waals surface area (Å²) in [7, 11) is 1.78. The van der Waals surface area contributed by atoms with E-state index in [1.165, 1.54) is 12.8 Å². The molecule has 108 valence electrons. The highest BCUT2D eigenvalue weighted by Crippen LogP contribution is 2.32. The molecule has 1 aromatic rings. The third-order valence-corrected chi connectivity index (χ3v) is 3.49. The van der Waals surface area contributed by atoms with Gasteiger partial charge in [0.15, 0.2) is 17.5 Å². The van der Waals surface area contributed by atoms with Crippen molar-refractivity contribution in [3.63, 3.8) is 0 Å². The lowest BCUT2D eigenvalue weighted by Crippen LogP contribution is -2.32. The molecule has 0 saturated heterocycles. The highest BCUT2D eigenvalue weighted by atomic mass is 16.5. The fraction of sp³-hybridized carbons (Fsp3) is 0.533. The maximum atomic E-state index is 5.69. The van der Waals surface area contributed by atoms with Crippen molar-refractivity contribution in [3.05, 3.63) is 18.2 Å². The lowest BCUT2D eigenvalue weighted by atomic mass is 10.2. The Morgan fingerprint density at radius 2 is 2.05 bits per heavy atom. The van der Waals surface area contributed by atoms with E-state index >= 15 is 0 Å². The number of hydrogen-bond donors (Lipinski definition) is 2. The van der Waals surface area contributed by atoms with Gasteiger partial charge < -0.3 is 20.1 Å². The molecule has 20 heavy (non-hydrogen) atoms. The minimum absolute atomic E-state index is 0.700. The monoisotopic (exact) mass is 275 g/mol. The van der Waals surface area contributed by atoms with Crippen LogP contribution in [0.4, 0.5) is 5.69 Å². The third-order valence-electron chi connectivity index (χ3n) is 3.49. The SMILES string of the molecule is CN=C(NCC1CC1)Nc1ccc2c(c1)OCCCO2. The zero-order valence-corrected chi connectivity index (χ0v) is 11.8. The minimum atomic E-state index is 0.700. The maximum Gasteiger partial charge on any atom is 0.195 e. The van der Waals surface area contributed by atoms with Crippen molar-refractivity contribution in [2.24, 2.45) is 10.9 Å². The number of nitrogens with zero attached hydrogens (tertiary/aromatic N) is 1. The van der Waals surface area contributed by atoms with Gasteiger partial charge >= 0.3 is 0 Å². The van der Waals surface area contributed by atoms with Crippen LogP contribution in [0.1, 0.15) is 19.3 Å². The van der Waals surface area contributed by atoms with Crippen LogP contribution in [0.15, 0.2) is 23.2 Å². The molecule has 2 N–H and O–H groups in total. The lowest BCUT2D eigenvalue weighted by molar-refractivity contribution is 0.297.